The third-order valence-corrected chi connectivity index (χ3v) is 3.14. The number of nitrogens with zero attached hydrogens (tertiary/aromatic N) is 1. The van der Waals surface area contributed by atoms with Crippen LogP contribution in [0.15, 0.2) is 6.07 Å². The van der Waals surface area contributed by atoms with Crippen molar-refractivity contribution in [2.45, 2.75) is 6.92 Å². The van der Waals surface area contributed by atoms with Gasteiger partial charge in [-0.05, 0) is 17.9 Å². The van der Waals surface area contributed by atoms with Gasteiger partial charge in [-0.1, -0.05) is 6.92 Å². The molecule has 0 amide bonds. The smallest absolute Gasteiger partial charge is 0.168 e. The molecule has 1 aromatic rings. The lowest BCUT2D eigenvalue weighted by molar-refractivity contribution is 0.576. The molecule has 0 radical (unpaired) electrons. The number of rotatable bonds is 6. The average Bonchev–Trinajstić information content (AvgIpc) is 2.28. The summed E-state index contributed by atoms with van der Waals surface area (Å²) in [4.78, 5) is 3.84. The maximum atomic E-state index is 13.4. The highest BCUT2D eigenvalue weighted by Gasteiger charge is 2.11. The van der Waals surface area contributed by atoms with Crippen LogP contribution in [0.3, 0.4) is 0 Å². The van der Waals surface area contributed by atoms with Crippen molar-refractivity contribution in [1.29, 1.82) is 0 Å². The Morgan fingerprint density at radius 2 is 2.00 bits per heavy atom. The van der Waals surface area contributed by atoms with Crippen LogP contribution >= 0.6 is 11.8 Å². The van der Waals surface area contributed by atoms with Gasteiger partial charge in [0.05, 0.1) is 0 Å². The van der Waals surface area contributed by atoms with Crippen LogP contribution in [0.5, 0.6) is 0 Å². The van der Waals surface area contributed by atoms with E-state index in [0.717, 1.165) is 11.8 Å². The van der Waals surface area contributed by atoms with E-state index in [0.29, 0.717) is 12.5 Å². The first-order valence-electron chi connectivity index (χ1n) is 5.35. The van der Waals surface area contributed by atoms with Gasteiger partial charge < -0.3 is 10.6 Å². The van der Waals surface area contributed by atoms with E-state index in [9.17, 15) is 8.78 Å². The quantitative estimate of drug-likeness (QED) is 0.825. The zero-order valence-electron chi connectivity index (χ0n) is 10.2. The summed E-state index contributed by atoms with van der Waals surface area (Å²) in [5.41, 5.74) is 0. The van der Waals surface area contributed by atoms with Crippen molar-refractivity contribution in [3.8, 4) is 0 Å². The van der Waals surface area contributed by atoms with E-state index in [2.05, 4.69) is 22.5 Å². The molecule has 0 fully saturated rings. The number of aromatic nitrogens is 1. The van der Waals surface area contributed by atoms with E-state index < -0.39 is 11.6 Å². The van der Waals surface area contributed by atoms with Crippen molar-refractivity contribution in [3.63, 3.8) is 0 Å². The molecule has 0 saturated carbocycles. The molecule has 96 valence electrons. The van der Waals surface area contributed by atoms with E-state index in [1.165, 1.54) is 0 Å². The summed E-state index contributed by atoms with van der Waals surface area (Å²) in [7, 11) is 1.55. The summed E-state index contributed by atoms with van der Waals surface area (Å²) in [6.07, 6.45) is 2.02. The first-order chi connectivity index (χ1) is 8.08. The molecule has 1 heterocycles. The Balaban J connectivity index is 2.70. The van der Waals surface area contributed by atoms with Crippen LogP contribution in [0.25, 0.3) is 0 Å². The number of thioether (sulfide) groups is 1. The first kappa shape index (κ1) is 14.0. The van der Waals surface area contributed by atoms with Gasteiger partial charge in [-0.3, -0.25) is 0 Å². The number of pyridine rings is 1. The van der Waals surface area contributed by atoms with Crippen LogP contribution in [0.1, 0.15) is 6.92 Å². The highest BCUT2D eigenvalue weighted by Crippen LogP contribution is 2.19. The Bertz CT molecular complexity index is 374. The third kappa shape index (κ3) is 4.03. The van der Waals surface area contributed by atoms with Crippen LogP contribution < -0.4 is 10.6 Å². The van der Waals surface area contributed by atoms with E-state index >= 15 is 0 Å². The van der Waals surface area contributed by atoms with Gasteiger partial charge in [0.25, 0.3) is 0 Å². The Labute approximate surface area is 104 Å². The van der Waals surface area contributed by atoms with Crippen molar-refractivity contribution in [1.82, 2.24) is 4.98 Å². The van der Waals surface area contributed by atoms with Gasteiger partial charge in [0.1, 0.15) is 0 Å². The average molecular weight is 261 g/mol. The Morgan fingerprint density at radius 3 is 2.59 bits per heavy atom. The summed E-state index contributed by atoms with van der Waals surface area (Å²) >= 11 is 1.73. The Hall–Kier alpha value is -1.04. The molecule has 0 bridgehead atoms. The molecule has 1 rings (SSSR count). The monoisotopic (exact) mass is 261 g/mol. The van der Waals surface area contributed by atoms with Gasteiger partial charge in [0.15, 0.2) is 23.3 Å². The summed E-state index contributed by atoms with van der Waals surface area (Å²) in [6.45, 7) is 2.67. The molecule has 0 aliphatic carbocycles. The number of hydrogen-bond acceptors (Lipinski definition) is 4. The fourth-order valence-electron chi connectivity index (χ4n) is 1.38. The number of anilines is 2. The topological polar surface area (TPSA) is 37.0 Å². The standard InChI is InChI=1S/C11H17F2N3S/c1-7(6-17-3)5-15-11-9(13)4-8(12)10(14-2)16-11/h4,7H,5-6H2,1-3H3,(H2,14,15,16). The zero-order chi connectivity index (χ0) is 12.8. The molecule has 2 N–H and O–H groups in total. The van der Waals surface area contributed by atoms with Crippen LogP contribution in [-0.4, -0.2) is 30.6 Å². The minimum Gasteiger partial charge on any atom is -0.371 e. The zero-order valence-corrected chi connectivity index (χ0v) is 11.0. The van der Waals surface area contributed by atoms with Gasteiger partial charge in [-0.15, -0.1) is 0 Å². The lowest BCUT2D eigenvalue weighted by Gasteiger charge is -2.13. The first-order valence-corrected chi connectivity index (χ1v) is 6.74. The molecule has 0 aliphatic heterocycles. The summed E-state index contributed by atoms with van der Waals surface area (Å²) < 4.78 is 26.6. The van der Waals surface area contributed by atoms with Gasteiger partial charge in [-0.2, -0.15) is 11.8 Å². The van der Waals surface area contributed by atoms with E-state index in [-0.39, 0.29) is 11.6 Å². The van der Waals surface area contributed by atoms with Crippen LogP contribution in [0.2, 0.25) is 0 Å². The molecule has 1 aromatic heterocycles. The Morgan fingerprint density at radius 1 is 1.35 bits per heavy atom. The number of hydrogen-bond donors (Lipinski definition) is 2. The SMILES string of the molecule is CNc1nc(NCC(C)CSC)c(F)cc1F. The predicted octanol–water partition coefficient (Wildman–Crippen LogP) is 2.81. The highest BCUT2D eigenvalue weighted by molar-refractivity contribution is 7.98. The highest BCUT2D eigenvalue weighted by atomic mass is 32.2. The number of nitrogens with one attached hydrogen (secondary N) is 2. The van der Waals surface area contributed by atoms with Gasteiger partial charge in [0, 0.05) is 19.7 Å². The molecule has 0 aliphatic rings. The minimum absolute atomic E-state index is 0.0476. The van der Waals surface area contributed by atoms with Crippen molar-refractivity contribution in [2.24, 2.45) is 5.92 Å². The third-order valence-electron chi connectivity index (χ3n) is 2.24. The molecule has 3 nitrogen and oxygen atoms in total. The second kappa shape index (κ2) is 6.64. The largest absolute Gasteiger partial charge is 0.371 e. The molecule has 6 heteroatoms. The van der Waals surface area contributed by atoms with Crippen LogP contribution in [0.4, 0.5) is 20.4 Å². The van der Waals surface area contributed by atoms with E-state index in [1.54, 1.807) is 18.8 Å². The lowest BCUT2D eigenvalue weighted by atomic mass is 10.2. The van der Waals surface area contributed by atoms with Gasteiger partial charge in [-0.25, -0.2) is 13.8 Å². The summed E-state index contributed by atoms with van der Waals surface area (Å²) in [5.74, 6) is 0.157. The van der Waals surface area contributed by atoms with Crippen LogP contribution in [-0.2, 0) is 0 Å². The minimum atomic E-state index is -0.687. The second-order valence-electron chi connectivity index (χ2n) is 3.84. The fourth-order valence-corrected chi connectivity index (χ4v) is 2.07. The molecule has 1 unspecified atom stereocenters. The fraction of sp³-hybridized carbons (Fsp3) is 0.545. The molecule has 0 saturated heterocycles. The molecule has 0 aromatic carbocycles. The van der Waals surface area contributed by atoms with Crippen molar-refractivity contribution < 1.29 is 8.78 Å². The lowest BCUT2D eigenvalue weighted by Crippen LogP contribution is -2.15. The molecule has 1 atom stereocenters. The molecular formula is C11H17F2N3S. The molecule has 0 spiro atoms. The van der Waals surface area contributed by atoms with Crippen LogP contribution in [0, 0.1) is 17.6 Å². The maximum Gasteiger partial charge on any atom is 0.168 e. The molecular weight excluding hydrogens is 244 g/mol. The molecule has 17 heavy (non-hydrogen) atoms. The van der Waals surface area contributed by atoms with Gasteiger partial charge in [0.2, 0.25) is 0 Å². The normalized spacial score (nSPS) is 12.3. The number of halogens is 2. The predicted molar refractivity (Wildman–Crippen MR) is 69.7 cm³/mol. The summed E-state index contributed by atoms with van der Waals surface area (Å²) in [5, 5.41) is 5.47. The van der Waals surface area contributed by atoms with Crippen molar-refractivity contribution in [3.05, 3.63) is 17.7 Å². The van der Waals surface area contributed by atoms with E-state index in [1.807, 2.05) is 6.26 Å². The summed E-state index contributed by atoms with van der Waals surface area (Å²) in [6, 6.07) is 0.834. The van der Waals surface area contributed by atoms with Crippen molar-refractivity contribution >= 4 is 23.4 Å². The van der Waals surface area contributed by atoms with E-state index in [4.69, 9.17) is 0 Å². The van der Waals surface area contributed by atoms with Gasteiger partial charge >= 0.3 is 0 Å². The Kier molecular flexibility index (Phi) is 5.47. The maximum absolute atomic E-state index is 13.4. The second-order valence-corrected chi connectivity index (χ2v) is 4.75. The van der Waals surface area contributed by atoms with Crippen molar-refractivity contribution in [2.75, 3.05) is 36.2 Å².